The molecular formula is C8H7ClO3. The Morgan fingerprint density at radius 2 is 2.33 bits per heavy atom. The van der Waals surface area contributed by atoms with E-state index < -0.39 is 5.97 Å². The molecule has 0 aliphatic heterocycles. The summed E-state index contributed by atoms with van der Waals surface area (Å²) in [6.45, 7) is 3.55. The minimum Gasteiger partial charge on any atom is -0.481 e. The third-order valence-corrected chi connectivity index (χ3v) is 1.49. The van der Waals surface area contributed by atoms with Gasteiger partial charge in [-0.3, -0.25) is 4.79 Å². The Morgan fingerprint density at radius 1 is 1.67 bits per heavy atom. The van der Waals surface area contributed by atoms with E-state index in [0.29, 0.717) is 11.3 Å². The molecule has 0 unspecified atom stereocenters. The summed E-state index contributed by atoms with van der Waals surface area (Å²) in [4.78, 5) is 10.3. The van der Waals surface area contributed by atoms with Gasteiger partial charge in [-0.2, -0.15) is 0 Å². The highest BCUT2D eigenvalue weighted by atomic mass is 35.5. The molecule has 1 aromatic heterocycles. The van der Waals surface area contributed by atoms with Crippen LogP contribution in [0.15, 0.2) is 23.1 Å². The van der Waals surface area contributed by atoms with Gasteiger partial charge in [0.2, 0.25) is 0 Å². The molecule has 3 nitrogen and oxygen atoms in total. The van der Waals surface area contributed by atoms with Crippen LogP contribution < -0.4 is 0 Å². The number of carboxylic acid groups (broad SMARTS) is 1. The summed E-state index contributed by atoms with van der Waals surface area (Å²) in [5.41, 5.74) is 0.411. The van der Waals surface area contributed by atoms with E-state index in [9.17, 15) is 4.79 Å². The third kappa shape index (κ3) is 2.13. The molecule has 0 aliphatic rings. The van der Waals surface area contributed by atoms with E-state index in [2.05, 4.69) is 6.58 Å². The fourth-order valence-electron chi connectivity index (χ4n) is 0.774. The van der Waals surface area contributed by atoms with Crippen molar-refractivity contribution in [1.82, 2.24) is 0 Å². The highest BCUT2D eigenvalue weighted by molar-refractivity contribution is 6.28. The van der Waals surface area contributed by atoms with Gasteiger partial charge in [0.05, 0.1) is 6.42 Å². The van der Waals surface area contributed by atoms with Crippen LogP contribution in [0, 0.1) is 0 Å². The van der Waals surface area contributed by atoms with Crippen LogP contribution in [0.4, 0.5) is 0 Å². The molecule has 0 saturated heterocycles. The minimum absolute atomic E-state index is 0.135. The van der Waals surface area contributed by atoms with Crippen molar-refractivity contribution in [2.75, 3.05) is 0 Å². The lowest BCUT2D eigenvalue weighted by atomic mass is 10.2. The molecule has 0 radical (unpaired) electrons. The maximum atomic E-state index is 10.3. The predicted octanol–water partition coefficient (Wildman–Crippen LogP) is 2.42. The molecule has 0 saturated carbocycles. The molecule has 0 aliphatic carbocycles. The Labute approximate surface area is 74.3 Å². The minimum atomic E-state index is -0.937. The number of hydrogen-bond donors (Lipinski definition) is 1. The van der Waals surface area contributed by atoms with Crippen molar-refractivity contribution >= 4 is 23.1 Å². The lowest BCUT2D eigenvalue weighted by Crippen LogP contribution is -1.94. The number of rotatable bonds is 3. The van der Waals surface area contributed by atoms with E-state index in [1.54, 1.807) is 12.1 Å². The van der Waals surface area contributed by atoms with Gasteiger partial charge in [-0.25, -0.2) is 0 Å². The summed E-state index contributed by atoms with van der Waals surface area (Å²) in [5, 5.41) is 8.65. The van der Waals surface area contributed by atoms with E-state index in [1.807, 2.05) is 0 Å². The molecule has 0 spiro atoms. The molecule has 1 heterocycles. The van der Waals surface area contributed by atoms with Gasteiger partial charge in [0.1, 0.15) is 5.76 Å². The molecule has 1 rings (SSSR count). The summed E-state index contributed by atoms with van der Waals surface area (Å²) in [6, 6.07) is 3.14. The van der Waals surface area contributed by atoms with Crippen LogP contribution in [0.25, 0.3) is 5.57 Å². The second-order valence-electron chi connectivity index (χ2n) is 2.28. The molecule has 12 heavy (non-hydrogen) atoms. The van der Waals surface area contributed by atoms with Gasteiger partial charge in [0.25, 0.3) is 0 Å². The Hall–Kier alpha value is -1.22. The normalized spacial score (nSPS) is 9.75. The van der Waals surface area contributed by atoms with Crippen molar-refractivity contribution < 1.29 is 14.3 Å². The van der Waals surface area contributed by atoms with Crippen LogP contribution in [0.1, 0.15) is 12.2 Å². The molecule has 0 atom stereocenters. The van der Waals surface area contributed by atoms with Crippen molar-refractivity contribution in [1.29, 1.82) is 0 Å². The smallest absolute Gasteiger partial charge is 0.307 e. The fourth-order valence-corrected chi connectivity index (χ4v) is 0.920. The van der Waals surface area contributed by atoms with Crippen LogP contribution in [-0.2, 0) is 4.79 Å². The summed E-state index contributed by atoms with van der Waals surface area (Å²) >= 11 is 5.49. The zero-order valence-electron chi connectivity index (χ0n) is 6.21. The molecule has 1 N–H and O–H groups in total. The van der Waals surface area contributed by atoms with Crippen molar-refractivity contribution in [3.8, 4) is 0 Å². The largest absolute Gasteiger partial charge is 0.481 e. The Kier molecular flexibility index (Phi) is 2.55. The summed E-state index contributed by atoms with van der Waals surface area (Å²) < 4.78 is 4.95. The summed E-state index contributed by atoms with van der Waals surface area (Å²) in [7, 11) is 0. The average molecular weight is 187 g/mol. The van der Waals surface area contributed by atoms with Crippen LogP contribution in [0.2, 0.25) is 5.22 Å². The van der Waals surface area contributed by atoms with Gasteiger partial charge < -0.3 is 9.52 Å². The van der Waals surface area contributed by atoms with E-state index in [1.165, 1.54) is 0 Å². The summed E-state index contributed by atoms with van der Waals surface area (Å²) in [6.07, 6.45) is -0.135. The zero-order valence-corrected chi connectivity index (χ0v) is 6.97. The van der Waals surface area contributed by atoms with Gasteiger partial charge in [0, 0.05) is 0 Å². The molecule has 1 aromatic rings. The second kappa shape index (κ2) is 3.45. The van der Waals surface area contributed by atoms with Crippen LogP contribution >= 0.6 is 11.6 Å². The van der Waals surface area contributed by atoms with Crippen LogP contribution in [-0.4, -0.2) is 11.1 Å². The maximum absolute atomic E-state index is 10.3. The van der Waals surface area contributed by atoms with Gasteiger partial charge in [-0.15, -0.1) is 0 Å². The maximum Gasteiger partial charge on any atom is 0.307 e. The lowest BCUT2D eigenvalue weighted by molar-refractivity contribution is -0.135. The molecule has 64 valence electrons. The van der Waals surface area contributed by atoms with Crippen molar-refractivity contribution in [3.63, 3.8) is 0 Å². The van der Waals surface area contributed by atoms with Crippen molar-refractivity contribution in [3.05, 3.63) is 29.7 Å². The lowest BCUT2D eigenvalue weighted by Gasteiger charge is -1.95. The van der Waals surface area contributed by atoms with Crippen molar-refractivity contribution in [2.45, 2.75) is 6.42 Å². The van der Waals surface area contributed by atoms with E-state index in [-0.39, 0.29) is 11.6 Å². The average Bonchev–Trinajstić information content (AvgIpc) is 2.34. The number of furan rings is 1. The quantitative estimate of drug-likeness (QED) is 0.789. The van der Waals surface area contributed by atoms with E-state index in [4.69, 9.17) is 21.1 Å². The Bertz CT molecular complexity index is 314. The monoisotopic (exact) mass is 186 g/mol. The van der Waals surface area contributed by atoms with E-state index >= 15 is 0 Å². The number of hydrogen-bond acceptors (Lipinski definition) is 2. The molecule has 4 heteroatoms. The SMILES string of the molecule is C=C(CC(=O)O)c1ccc(Cl)o1. The first-order chi connectivity index (χ1) is 5.59. The number of aliphatic carboxylic acids is 1. The fraction of sp³-hybridized carbons (Fsp3) is 0.125. The molecule has 0 bridgehead atoms. The first-order valence-corrected chi connectivity index (χ1v) is 3.62. The standard InChI is InChI=1S/C8H7ClO3/c1-5(4-8(10)11)6-2-3-7(9)12-6/h2-3H,1,4H2,(H,10,11). The van der Waals surface area contributed by atoms with Gasteiger partial charge >= 0.3 is 5.97 Å². The van der Waals surface area contributed by atoms with Crippen LogP contribution in [0.5, 0.6) is 0 Å². The Morgan fingerprint density at radius 3 is 2.75 bits per heavy atom. The topological polar surface area (TPSA) is 50.4 Å². The third-order valence-electron chi connectivity index (χ3n) is 1.29. The number of carboxylic acids is 1. The van der Waals surface area contributed by atoms with Gasteiger partial charge in [-0.05, 0) is 29.3 Å². The highest BCUT2D eigenvalue weighted by Gasteiger charge is 2.07. The molecule has 0 aromatic carbocycles. The first kappa shape index (κ1) is 8.87. The second-order valence-corrected chi connectivity index (χ2v) is 2.65. The zero-order chi connectivity index (χ0) is 9.14. The first-order valence-electron chi connectivity index (χ1n) is 3.25. The summed E-state index contributed by atoms with van der Waals surface area (Å²) in [5.74, 6) is -0.519. The molecule has 0 fully saturated rings. The van der Waals surface area contributed by atoms with Gasteiger partial charge in [-0.1, -0.05) is 6.58 Å². The molecular weight excluding hydrogens is 180 g/mol. The Balaban J connectivity index is 2.72. The van der Waals surface area contributed by atoms with E-state index in [0.717, 1.165) is 0 Å². The van der Waals surface area contributed by atoms with Crippen molar-refractivity contribution in [2.24, 2.45) is 0 Å². The van der Waals surface area contributed by atoms with Crippen LogP contribution in [0.3, 0.4) is 0 Å². The molecule has 0 amide bonds. The number of halogens is 1. The predicted molar refractivity (Wildman–Crippen MR) is 45.0 cm³/mol. The number of carbonyl (C=O) groups is 1. The van der Waals surface area contributed by atoms with Gasteiger partial charge in [0.15, 0.2) is 5.22 Å². The highest BCUT2D eigenvalue weighted by Crippen LogP contribution is 2.21.